The van der Waals surface area contributed by atoms with Gasteiger partial charge in [-0.15, -0.1) is 0 Å². The highest BCUT2D eigenvalue weighted by Gasteiger charge is 2.24. The Bertz CT molecular complexity index is 344. The molecule has 0 saturated heterocycles. The molecule has 0 atom stereocenters. The van der Waals surface area contributed by atoms with Crippen molar-refractivity contribution in [2.24, 2.45) is 0 Å². The summed E-state index contributed by atoms with van der Waals surface area (Å²) in [6.45, 7) is 1.64. The zero-order valence-corrected chi connectivity index (χ0v) is 9.72. The SMILES string of the molecule is CC(=O)N(c1cccnc1)C1CCCCC1. The van der Waals surface area contributed by atoms with E-state index >= 15 is 0 Å². The van der Waals surface area contributed by atoms with Crippen LogP contribution < -0.4 is 4.90 Å². The molecule has 1 aliphatic rings. The molecule has 1 aliphatic carbocycles. The molecule has 0 bridgehead atoms. The number of hydrogen-bond donors (Lipinski definition) is 0. The van der Waals surface area contributed by atoms with Gasteiger partial charge in [0.05, 0.1) is 11.9 Å². The molecule has 3 nitrogen and oxygen atoms in total. The van der Waals surface area contributed by atoms with Crippen LogP contribution in [0.4, 0.5) is 5.69 Å². The van der Waals surface area contributed by atoms with E-state index in [1.807, 2.05) is 17.0 Å². The van der Waals surface area contributed by atoms with Crippen LogP contribution in [0.15, 0.2) is 24.5 Å². The number of pyridine rings is 1. The maximum absolute atomic E-state index is 11.7. The Morgan fingerprint density at radius 3 is 2.69 bits per heavy atom. The monoisotopic (exact) mass is 218 g/mol. The average Bonchev–Trinajstić information content (AvgIpc) is 2.31. The summed E-state index contributed by atoms with van der Waals surface area (Å²) in [6, 6.07) is 4.22. The van der Waals surface area contributed by atoms with Crippen molar-refractivity contribution in [3.05, 3.63) is 24.5 Å². The van der Waals surface area contributed by atoms with Crippen molar-refractivity contribution >= 4 is 11.6 Å². The molecule has 16 heavy (non-hydrogen) atoms. The van der Waals surface area contributed by atoms with Gasteiger partial charge in [0.1, 0.15) is 0 Å². The lowest BCUT2D eigenvalue weighted by Crippen LogP contribution is -2.40. The number of hydrogen-bond acceptors (Lipinski definition) is 2. The average molecular weight is 218 g/mol. The van der Waals surface area contributed by atoms with Gasteiger partial charge in [-0.3, -0.25) is 9.78 Å². The maximum atomic E-state index is 11.7. The second-order valence-electron chi connectivity index (χ2n) is 4.39. The number of carbonyl (C=O) groups excluding carboxylic acids is 1. The molecule has 0 aromatic carbocycles. The maximum Gasteiger partial charge on any atom is 0.224 e. The van der Waals surface area contributed by atoms with Gasteiger partial charge >= 0.3 is 0 Å². The summed E-state index contributed by atoms with van der Waals surface area (Å²) >= 11 is 0. The molecule has 0 spiro atoms. The van der Waals surface area contributed by atoms with E-state index < -0.39 is 0 Å². The van der Waals surface area contributed by atoms with Gasteiger partial charge < -0.3 is 4.90 Å². The summed E-state index contributed by atoms with van der Waals surface area (Å²) in [5.41, 5.74) is 0.932. The highest BCUT2D eigenvalue weighted by atomic mass is 16.2. The van der Waals surface area contributed by atoms with Crippen molar-refractivity contribution in [2.75, 3.05) is 4.90 Å². The van der Waals surface area contributed by atoms with Gasteiger partial charge in [-0.2, -0.15) is 0 Å². The molecule has 0 N–H and O–H groups in total. The summed E-state index contributed by atoms with van der Waals surface area (Å²) < 4.78 is 0. The van der Waals surface area contributed by atoms with E-state index in [-0.39, 0.29) is 5.91 Å². The smallest absolute Gasteiger partial charge is 0.224 e. The number of carbonyl (C=O) groups is 1. The molecule has 1 saturated carbocycles. The molecule has 1 fully saturated rings. The highest BCUT2D eigenvalue weighted by molar-refractivity contribution is 5.91. The van der Waals surface area contributed by atoms with Crippen LogP contribution >= 0.6 is 0 Å². The Morgan fingerprint density at radius 1 is 1.38 bits per heavy atom. The first-order valence-electron chi connectivity index (χ1n) is 5.99. The molecule has 2 rings (SSSR count). The van der Waals surface area contributed by atoms with E-state index in [4.69, 9.17) is 0 Å². The van der Waals surface area contributed by atoms with Crippen LogP contribution in [0.5, 0.6) is 0 Å². The van der Waals surface area contributed by atoms with Gasteiger partial charge in [0.2, 0.25) is 5.91 Å². The Labute approximate surface area is 96.5 Å². The Hall–Kier alpha value is -1.38. The van der Waals surface area contributed by atoms with Crippen LogP contribution in [-0.2, 0) is 4.79 Å². The fourth-order valence-electron chi connectivity index (χ4n) is 2.49. The first-order chi connectivity index (χ1) is 7.79. The van der Waals surface area contributed by atoms with E-state index in [0.29, 0.717) is 6.04 Å². The minimum Gasteiger partial charge on any atom is -0.308 e. The van der Waals surface area contributed by atoms with Gasteiger partial charge in [0.25, 0.3) is 0 Å². The molecular weight excluding hydrogens is 200 g/mol. The van der Waals surface area contributed by atoms with E-state index in [0.717, 1.165) is 18.5 Å². The fourth-order valence-corrected chi connectivity index (χ4v) is 2.49. The second kappa shape index (κ2) is 5.10. The molecule has 1 amide bonds. The zero-order chi connectivity index (χ0) is 11.4. The fraction of sp³-hybridized carbons (Fsp3) is 0.538. The predicted octanol–water partition coefficient (Wildman–Crippen LogP) is 2.77. The third kappa shape index (κ3) is 2.40. The lowest BCUT2D eigenvalue weighted by atomic mass is 9.94. The number of anilines is 1. The normalized spacial score (nSPS) is 17.1. The molecule has 3 heteroatoms. The predicted molar refractivity (Wildman–Crippen MR) is 64.3 cm³/mol. The molecule has 1 heterocycles. The molecule has 1 aromatic heterocycles. The van der Waals surface area contributed by atoms with E-state index in [1.54, 1.807) is 19.3 Å². The largest absolute Gasteiger partial charge is 0.308 e. The number of nitrogens with zero attached hydrogens (tertiary/aromatic N) is 2. The van der Waals surface area contributed by atoms with Crippen LogP contribution in [0.2, 0.25) is 0 Å². The topological polar surface area (TPSA) is 33.2 Å². The Kier molecular flexibility index (Phi) is 3.54. The van der Waals surface area contributed by atoms with Crippen molar-refractivity contribution in [1.82, 2.24) is 4.98 Å². The Balaban J connectivity index is 2.20. The van der Waals surface area contributed by atoms with E-state index in [2.05, 4.69) is 4.98 Å². The van der Waals surface area contributed by atoms with Crippen molar-refractivity contribution in [2.45, 2.75) is 45.1 Å². The molecule has 0 unspecified atom stereocenters. The number of rotatable bonds is 2. The molecule has 1 aromatic rings. The quantitative estimate of drug-likeness (QED) is 0.764. The van der Waals surface area contributed by atoms with Gasteiger partial charge in [0.15, 0.2) is 0 Å². The van der Waals surface area contributed by atoms with Gasteiger partial charge in [0, 0.05) is 19.2 Å². The third-order valence-corrected chi connectivity index (χ3v) is 3.20. The highest BCUT2D eigenvalue weighted by Crippen LogP contribution is 2.26. The summed E-state index contributed by atoms with van der Waals surface area (Å²) in [5, 5.41) is 0. The van der Waals surface area contributed by atoms with Crippen molar-refractivity contribution in [3.63, 3.8) is 0 Å². The zero-order valence-electron chi connectivity index (χ0n) is 9.72. The molecule has 86 valence electrons. The van der Waals surface area contributed by atoms with Crippen LogP contribution in [0.3, 0.4) is 0 Å². The van der Waals surface area contributed by atoms with Gasteiger partial charge in [-0.1, -0.05) is 19.3 Å². The van der Waals surface area contributed by atoms with Crippen LogP contribution in [0.1, 0.15) is 39.0 Å². The molecular formula is C13H18N2O. The minimum atomic E-state index is 0.125. The van der Waals surface area contributed by atoms with Gasteiger partial charge in [-0.05, 0) is 25.0 Å². The van der Waals surface area contributed by atoms with Crippen molar-refractivity contribution in [3.8, 4) is 0 Å². The Morgan fingerprint density at radius 2 is 2.12 bits per heavy atom. The summed E-state index contributed by atoms with van der Waals surface area (Å²) in [7, 11) is 0. The summed E-state index contributed by atoms with van der Waals surface area (Å²) in [5.74, 6) is 0.125. The molecule has 0 radical (unpaired) electrons. The number of aromatic nitrogens is 1. The molecule has 0 aliphatic heterocycles. The lowest BCUT2D eigenvalue weighted by Gasteiger charge is -2.33. The van der Waals surface area contributed by atoms with Crippen LogP contribution in [0.25, 0.3) is 0 Å². The third-order valence-electron chi connectivity index (χ3n) is 3.20. The van der Waals surface area contributed by atoms with Crippen LogP contribution in [-0.4, -0.2) is 16.9 Å². The van der Waals surface area contributed by atoms with Crippen molar-refractivity contribution < 1.29 is 4.79 Å². The standard InChI is InChI=1S/C13H18N2O/c1-11(16)15(12-6-3-2-4-7-12)13-8-5-9-14-10-13/h5,8-10,12H,2-4,6-7H2,1H3. The number of amides is 1. The second-order valence-corrected chi connectivity index (χ2v) is 4.39. The lowest BCUT2D eigenvalue weighted by molar-refractivity contribution is -0.117. The summed E-state index contributed by atoms with van der Waals surface area (Å²) in [6.07, 6.45) is 9.51. The first-order valence-corrected chi connectivity index (χ1v) is 5.99. The van der Waals surface area contributed by atoms with Crippen molar-refractivity contribution in [1.29, 1.82) is 0 Å². The van der Waals surface area contributed by atoms with Crippen LogP contribution in [0, 0.1) is 0 Å². The van der Waals surface area contributed by atoms with Gasteiger partial charge in [-0.25, -0.2) is 0 Å². The summed E-state index contributed by atoms with van der Waals surface area (Å²) in [4.78, 5) is 17.7. The van der Waals surface area contributed by atoms with E-state index in [1.165, 1.54) is 19.3 Å². The van der Waals surface area contributed by atoms with E-state index in [9.17, 15) is 4.79 Å². The minimum absolute atomic E-state index is 0.125. The first kappa shape index (κ1) is 11.1.